The molecule has 0 fully saturated rings. The van der Waals surface area contributed by atoms with E-state index in [1.807, 2.05) is 22.6 Å². The van der Waals surface area contributed by atoms with Crippen molar-refractivity contribution in [3.8, 4) is 0 Å². The first-order valence-corrected chi connectivity index (χ1v) is 14.1. The summed E-state index contributed by atoms with van der Waals surface area (Å²) in [5.41, 5.74) is -1.85. The number of carbonyl (C=O) groups excluding carboxylic acids is 1. The van der Waals surface area contributed by atoms with Crippen LogP contribution in [0.4, 0.5) is 35.0 Å². The fourth-order valence-corrected chi connectivity index (χ4v) is 4.84. The lowest BCUT2D eigenvalue weighted by molar-refractivity contribution is 0.0251. The number of halogens is 4. The van der Waals surface area contributed by atoms with E-state index in [0.717, 1.165) is 16.4 Å². The van der Waals surface area contributed by atoms with Crippen LogP contribution in [0.5, 0.6) is 0 Å². The molecule has 0 spiro atoms. The zero-order valence-electron chi connectivity index (χ0n) is 21.8. The van der Waals surface area contributed by atoms with E-state index in [-0.39, 0.29) is 44.2 Å². The van der Waals surface area contributed by atoms with E-state index in [1.54, 1.807) is 33.8 Å². The van der Waals surface area contributed by atoms with Crippen LogP contribution in [0.1, 0.15) is 27.7 Å². The van der Waals surface area contributed by atoms with Gasteiger partial charge in [0.1, 0.15) is 17.1 Å². The second-order valence-electron chi connectivity index (χ2n) is 9.09. The van der Waals surface area contributed by atoms with Gasteiger partial charge in [-0.1, -0.05) is 0 Å². The first kappa shape index (κ1) is 31.9. The van der Waals surface area contributed by atoms with Gasteiger partial charge in [-0.25, -0.2) is 18.0 Å². The highest BCUT2D eigenvalue weighted by Gasteiger charge is 2.27. The molecule has 0 saturated heterocycles. The van der Waals surface area contributed by atoms with Crippen molar-refractivity contribution in [3.63, 3.8) is 0 Å². The molecule has 0 atom stereocenters. The van der Waals surface area contributed by atoms with Crippen LogP contribution in [0.15, 0.2) is 30.3 Å². The molecule has 2 aromatic rings. The number of likely N-dealkylation sites (N-methyl/N-ethyl adjacent to an activating group) is 1. The van der Waals surface area contributed by atoms with E-state index in [1.165, 1.54) is 24.1 Å². The van der Waals surface area contributed by atoms with Crippen molar-refractivity contribution in [2.45, 2.75) is 33.3 Å². The fourth-order valence-electron chi connectivity index (χ4n) is 3.17. The van der Waals surface area contributed by atoms with Crippen molar-refractivity contribution >= 4 is 56.0 Å². The average molecular weight is 673 g/mol. The lowest BCUT2D eigenvalue weighted by atomic mass is 10.2. The Labute approximate surface area is 235 Å². The number of nitrogens with one attached hydrogen (secondary N) is 2. The molecular weight excluding hydrogens is 640 g/mol. The molecule has 0 radical (unpaired) electrons. The monoisotopic (exact) mass is 672 g/mol. The van der Waals surface area contributed by atoms with Crippen molar-refractivity contribution < 1.29 is 35.9 Å². The maximum Gasteiger partial charge on any atom is 0.410 e. The van der Waals surface area contributed by atoms with Gasteiger partial charge in [0, 0.05) is 36.9 Å². The van der Waals surface area contributed by atoms with Crippen LogP contribution in [0.25, 0.3) is 0 Å². The molecule has 0 unspecified atom stereocenters. The molecule has 0 aromatic heterocycles. The molecule has 14 heteroatoms. The highest BCUT2D eigenvalue weighted by Crippen LogP contribution is 2.32. The van der Waals surface area contributed by atoms with Gasteiger partial charge in [0.25, 0.3) is 0 Å². The molecule has 0 aliphatic rings. The largest absolute Gasteiger partial charge is 0.444 e. The topological polar surface area (TPSA) is 100 Å². The van der Waals surface area contributed by atoms with Gasteiger partial charge in [-0.3, -0.25) is 4.72 Å². The third-order valence-corrected chi connectivity index (χ3v) is 7.26. The smallest absolute Gasteiger partial charge is 0.410 e. The Hall–Kier alpha value is -2.30. The third kappa shape index (κ3) is 9.17. The number of hydrogen-bond donors (Lipinski definition) is 2. The summed E-state index contributed by atoms with van der Waals surface area (Å²) in [6.07, 6.45) is -0.608. The minimum Gasteiger partial charge on any atom is -0.444 e. The van der Waals surface area contributed by atoms with E-state index in [2.05, 4.69) is 10.0 Å². The van der Waals surface area contributed by atoms with Gasteiger partial charge >= 0.3 is 16.3 Å². The second-order valence-corrected chi connectivity index (χ2v) is 12.0. The summed E-state index contributed by atoms with van der Waals surface area (Å²) >= 11 is 1.89. The number of amides is 1. The SMILES string of the molecule is CCN(CCN(CCOC)S(=O)(=O)Nc1ccc(F)c(F)c1Nc1ccc(I)cc1F)C(=O)OC(C)(C)C. The van der Waals surface area contributed by atoms with Crippen molar-refractivity contribution in [3.05, 3.63) is 51.4 Å². The number of hydrogen-bond acceptors (Lipinski definition) is 6. The van der Waals surface area contributed by atoms with Gasteiger partial charge in [0.05, 0.1) is 18.0 Å². The predicted octanol–water partition coefficient (Wildman–Crippen LogP) is 5.31. The van der Waals surface area contributed by atoms with Crippen LogP contribution >= 0.6 is 22.6 Å². The van der Waals surface area contributed by atoms with Crippen molar-refractivity contribution in [2.75, 3.05) is 49.9 Å². The Morgan fingerprint density at radius 3 is 2.26 bits per heavy atom. The van der Waals surface area contributed by atoms with Gasteiger partial charge < -0.3 is 19.7 Å². The van der Waals surface area contributed by atoms with Gasteiger partial charge in [-0.2, -0.15) is 12.7 Å². The summed E-state index contributed by atoms with van der Waals surface area (Å²) in [5.74, 6) is -3.39. The molecule has 0 bridgehead atoms. The molecule has 9 nitrogen and oxygen atoms in total. The van der Waals surface area contributed by atoms with Gasteiger partial charge in [0.2, 0.25) is 0 Å². The van der Waals surface area contributed by atoms with Crippen LogP contribution in [0.3, 0.4) is 0 Å². The first-order valence-electron chi connectivity index (χ1n) is 11.6. The first-order chi connectivity index (χ1) is 17.7. The van der Waals surface area contributed by atoms with Crippen molar-refractivity contribution in [1.29, 1.82) is 0 Å². The molecule has 1 amide bonds. The zero-order chi connectivity index (χ0) is 28.7. The number of methoxy groups -OCH3 is 1. The van der Waals surface area contributed by atoms with E-state index in [9.17, 15) is 26.4 Å². The fraction of sp³-hybridized carbons (Fsp3) is 0.458. The molecule has 212 valence electrons. The maximum absolute atomic E-state index is 14.8. The Balaban J connectivity index is 2.33. The Morgan fingerprint density at radius 1 is 1.03 bits per heavy atom. The molecule has 0 saturated carbocycles. The quantitative estimate of drug-likeness (QED) is 0.297. The summed E-state index contributed by atoms with van der Waals surface area (Å²) < 4.78 is 84.1. The summed E-state index contributed by atoms with van der Waals surface area (Å²) in [4.78, 5) is 13.8. The van der Waals surface area contributed by atoms with Crippen LogP contribution in [-0.2, 0) is 19.7 Å². The lowest BCUT2D eigenvalue weighted by Crippen LogP contribution is -2.45. The van der Waals surface area contributed by atoms with E-state index >= 15 is 0 Å². The second kappa shape index (κ2) is 13.7. The maximum atomic E-state index is 14.8. The van der Waals surface area contributed by atoms with Crippen LogP contribution in [-0.4, -0.2) is 69.2 Å². The summed E-state index contributed by atoms with van der Waals surface area (Å²) in [7, 11) is -2.98. The summed E-state index contributed by atoms with van der Waals surface area (Å²) in [6, 6.07) is 5.82. The molecule has 0 aliphatic carbocycles. The van der Waals surface area contributed by atoms with Gasteiger partial charge in [-0.05, 0) is 80.6 Å². The minimum absolute atomic E-state index is 0.00716. The van der Waals surface area contributed by atoms with E-state index in [4.69, 9.17) is 9.47 Å². The molecule has 2 rings (SSSR count). The highest BCUT2D eigenvalue weighted by molar-refractivity contribution is 14.1. The number of ether oxygens (including phenoxy) is 2. The summed E-state index contributed by atoms with van der Waals surface area (Å²) in [5, 5.41) is 2.44. The normalized spacial score (nSPS) is 11.9. The van der Waals surface area contributed by atoms with E-state index < -0.39 is 45.0 Å². The number of anilines is 3. The Kier molecular flexibility index (Phi) is 11.5. The Bertz CT molecular complexity index is 1230. The molecule has 2 N–H and O–H groups in total. The predicted molar refractivity (Wildman–Crippen MR) is 148 cm³/mol. The van der Waals surface area contributed by atoms with E-state index in [0.29, 0.717) is 3.57 Å². The molecule has 0 aliphatic heterocycles. The molecule has 38 heavy (non-hydrogen) atoms. The standard InChI is InChI=1S/C24H32F3IN4O5S/c1-6-31(23(33)37-24(2,3)4)11-12-32(13-14-36-5)38(34,35)30-20-10-8-17(25)21(27)22(20)29-19-9-7-16(28)15-18(19)26/h7-10,15,29-30H,6,11-14H2,1-5H3. The van der Waals surface area contributed by atoms with Crippen molar-refractivity contribution in [1.82, 2.24) is 9.21 Å². The number of rotatable bonds is 12. The van der Waals surface area contributed by atoms with Crippen LogP contribution in [0.2, 0.25) is 0 Å². The molecule has 2 aromatic carbocycles. The Morgan fingerprint density at radius 2 is 1.68 bits per heavy atom. The summed E-state index contributed by atoms with van der Waals surface area (Å²) in [6.45, 7) is 6.90. The zero-order valence-corrected chi connectivity index (χ0v) is 24.8. The minimum atomic E-state index is -4.37. The van der Waals surface area contributed by atoms with Crippen molar-refractivity contribution in [2.24, 2.45) is 0 Å². The number of benzene rings is 2. The molecular formula is C24H32F3IN4O5S. The van der Waals surface area contributed by atoms with Gasteiger partial charge in [-0.15, -0.1) is 0 Å². The number of carbonyl (C=O) groups is 1. The lowest BCUT2D eigenvalue weighted by Gasteiger charge is -2.29. The molecule has 0 heterocycles. The van der Waals surface area contributed by atoms with Crippen LogP contribution < -0.4 is 10.0 Å². The highest BCUT2D eigenvalue weighted by atomic mass is 127. The average Bonchev–Trinajstić information content (AvgIpc) is 2.81. The number of nitrogens with zero attached hydrogens (tertiary/aromatic N) is 2. The van der Waals surface area contributed by atoms with Crippen LogP contribution in [0, 0.1) is 21.0 Å². The van der Waals surface area contributed by atoms with Gasteiger partial charge in [0.15, 0.2) is 11.6 Å². The third-order valence-electron chi connectivity index (χ3n) is 5.06.